The number of anilines is 3. The second-order valence-corrected chi connectivity index (χ2v) is 5.28. The minimum absolute atomic E-state index is 0.0740. The summed E-state index contributed by atoms with van der Waals surface area (Å²) in [6.45, 7) is 0.475. The third-order valence-electron chi connectivity index (χ3n) is 3.49. The van der Waals surface area contributed by atoms with Gasteiger partial charge < -0.3 is 10.6 Å². The largest absolute Gasteiger partial charge is 0.370 e. The quantitative estimate of drug-likeness (QED) is 0.700. The van der Waals surface area contributed by atoms with E-state index in [4.69, 9.17) is 0 Å². The molecule has 0 unspecified atom stereocenters. The molecule has 2 N–H and O–H groups in total. The molecule has 2 aromatic carbocycles. The van der Waals surface area contributed by atoms with E-state index in [1.807, 2.05) is 0 Å². The van der Waals surface area contributed by atoms with Crippen LogP contribution in [0.25, 0.3) is 0 Å². The average molecular weight is 344 g/mol. The van der Waals surface area contributed by atoms with Gasteiger partial charge in [0.1, 0.15) is 23.3 Å². The van der Waals surface area contributed by atoms with E-state index in [9.17, 15) is 13.2 Å². The molecule has 3 aromatic rings. The summed E-state index contributed by atoms with van der Waals surface area (Å²) in [5.41, 5.74) is 0.681. The fourth-order valence-electron chi connectivity index (χ4n) is 2.26. The molecule has 3 rings (SSSR count). The van der Waals surface area contributed by atoms with Gasteiger partial charge in [-0.2, -0.15) is 4.98 Å². The van der Waals surface area contributed by atoms with E-state index >= 15 is 0 Å². The first kappa shape index (κ1) is 16.8. The number of aromatic nitrogens is 2. The Hall–Kier alpha value is -3.09. The minimum Gasteiger partial charge on any atom is -0.370 e. The highest BCUT2D eigenvalue weighted by Gasteiger charge is 2.06. The fourth-order valence-corrected chi connectivity index (χ4v) is 2.26. The van der Waals surface area contributed by atoms with Gasteiger partial charge in [0.25, 0.3) is 0 Å². The molecule has 4 nitrogen and oxygen atoms in total. The van der Waals surface area contributed by atoms with Crippen LogP contribution in [0.1, 0.15) is 5.56 Å². The molecule has 0 saturated heterocycles. The number of nitrogens with one attached hydrogen (secondary N) is 2. The second-order valence-electron chi connectivity index (χ2n) is 5.28. The lowest BCUT2D eigenvalue weighted by Gasteiger charge is -2.09. The van der Waals surface area contributed by atoms with E-state index in [1.165, 1.54) is 18.3 Å². The standard InChI is InChI=1S/C18H15F3N4/c19-13-5-6-16(15(21)11-13)24-18-23-10-8-17(25-18)22-9-7-12-3-1-2-4-14(12)20/h1-6,8,10-11H,7,9H2,(H2,22,23,24,25). The Morgan fingerprint density at radius 1 is 0.920 bits per heavy atom. The Morgan fingerprint density at radius 2 is 1.76 bits per heavy atom. The molecule has 0 saturated carbocycles. The number of benzene rings is 2. The summed E-state index contributed by atoms with van der Waals surface area (Å²) in [7, 11) is 0. The maximum Gasteiger partial charge on any atom is 0.229 e. The molecule has 0 aliphatic carbocycles. The molecule has 0 atom stereocenters. The molecule has 25 heavy (non-hydrogen) atoms. The Balaban J connectivity index is 1.62. The van der Waals surface area contributed by atoms with E-state index < -0.39 is 11.6 Å². The molecular formula is C18H15F3N4. The van der Waals surface area contributed by atoms with Gasteiger partial charge in [-0.05, 0) is 36.2 Å². The summed E-state index contributed by atoms with van der Waals surface area (Å²) in [5.74, 6) is -0.965. The number of rotatable bonds is 6. The van der Waals surface area contributed by atoms with Gasteiger partial charge in [-0.3, -0.25) is 0 Å². The van der Waals surface area contributed by atoms with Gasteiger partial charge >= 0.3 is 0 Å². The molecular weight excluding hydrogens is 329 g/mol. The van der Waals surface area contributed by atoms with E-state index in [0.29, 0.717) is 24.3 Å². The molecule has 0 aliphatic rings. The Morgan fingerprint density at radius 3 is 2.56 bits per heavy atom. The molecule has 1 aromatic heterocycles. The van der Waals surface area contributed by atoms with E-state index in [-0.39, 0.29) is 17.5 Å². The lowest BCUT2D eigenvalue weighted by Crippen LogP contribution is -2.08. The molecule has 0 radical (unpaired) electrons. The first-order valence-corrected chi connectivity index (χ1v) is 7.64. The zero-order valence-corrected chi connectivity index (χ0v) is 13.1. The second kappa shape index (κ2) is 7.65. The van der Waals surface area contributed by atoms with Crippen LogP contribution in [0.2, 0.25) is 0 Å². The minimum atomic E-state index is -0.735. The van der Waals surface area contributed by atoms with Crippen molar-refractivity contribution < 1.29 is 13.2 Å². The Labute approximate surface area is 142 Å². The summed E-state index contributed by atoms with van der Waals surface area (Å²) in [6.07, 6.45) is 1.99. The summed E-state index contributed by atoms with van der Waals surface area (Å²) in [6, 6.07) is 11.4. The van der Waals surface area contributed by atoms with Crippen molar-refractivity contribution in [1.29, 1.82) is 0 Å². The van der Waals surface area contributed by atoms with Crippen LogP contribution in [0.4, 0.5) is 30.6 Å². The van der Waals surface area contributed by atoms with Crippen LogP contribution in [0.15, 0.2) is 54.7 Å². The molecule has 0 amide bonds. The molecule has 7 heteroatoms. The predicted molar refractivity (Wildman–Crippen MR) is 90.3 cm³/mol. The lowest BCUT2D eigenvalue weighted by atomic mass is 10.1. The summed E-state index contributed by atoms with van der Waals surface area (Å²) in [4.78, 5) is 8.19. The van der Waals surface area contributed by atoms with Crippen molar-refractivity contribution in [1.82, 2.24) is 9.97 Å². The average Bonchev–Trinajstić information content (AvgIpc) is 2.60. The number of hydrogen-bond donors (Lipinski definition) is 2. The van der Waals surface area contributed by atoms with Crippen LogP contribution in [0.5, 0.6) is 0 Å². The molecule has 0 bridgehead atoms. The summed E-state index contributed by atoms with van der Waals surface area (Å²) >= 11 is 0. The van der Waals surface area contributed by atoms with Crippen LogP contribution in [0, 0.1) is 17.5 Å². The smallest absolute Gasteiger partial charge is 0.229 e. The molecule has 1 heterocycles. The summed E-state index contributed by atoms with van der Waals surface area (Å²) < 4.78 is 40.1. The van der Waals surface area contributed by atoms with E-state index in [0.717, 1.165) is 12.1 Å². The monoisotopic (exact) mass is 344 g/mol. The summed E-state index contributed by atoms with van der Waals surface area (Å²) in [5, 5.41) is 5.75. The van der Waals surface area contributed by atoms with Gasteiger partial charge in [-0.15, -0.1) is 0 Å². The van der Waals surface area contributed by atoms with Crippen molar-refractivity contribution in [3.63, 3.8) is 0 Å². The topological polar surface area (TPSA) is 49.8 Å². The highest BCUT2D eigenvalue weighted by Crippen LogP contribution is 2.19. The first-order valence-electron chi connectivity index (χ1n) is 7.64. The highest BCUT2D eigenvalue weighted by molar-refractivity contribution is 5.55. The van der Waals surface area contributed by atoms with Crippen molar-refractivity contribution in [3.05, 3.63) is 77.7 Å². The van der Waals surface area contributed by atoms with Gasteiger partial charge in [0.2, 0.25) is 5.95 Å². The van der Waals surface area contributed by atoms with Crippen molar-refractivity contribution in [2.45, 2.75) is 6.42 Å². The van der Waals surface area contributed by atoms with Crippen molar-refractivity contribution >= 4 is 17.5 Å². The van der Waals surface area contributed by atoms with Crippen molar-refractivity contribution in [2.75, 3.05) is 17.2 Å². The SMILES string of the molecule is Fc1ccc(Nc2nccc(NCCc3ccccc3F)n2)c(F)c1. The Kier molecular flexibility index (Phi) is 5.13. The van der Waals surface area contributed by atoms with Gasteiger partial charge in [0, 0.05) is 18.8 Å². The molecule has 0 aliphatic heterocycles. The van der Waals surface area contributed by atoms with Gasteiger partial charge in [0.05, 0.1) is 5.69 Å². The fraction of sp³-hybridized carbons (Fsp3) is 0.111. The van der Waals surface area contributed by atoms with E-state index in [2.05, 4.69) is 20.6 Å². The van der Waals surface area contributed by atoms with Crippen molar-refractivity contribution in [3.8, 4) is 0 Å². The predicted octanol–water partition coefficient (Wildman–Crippen LogP) is 4.29. The number of nitrogens with zero attached hydrogens (tertiary/aromatic N) is 2. The lowest BCUT2D eigenvalue weighted by molar-refractivity contribution is 0.586. The van der Waals surface area contributed by atoms with Crippen molar-refractivity contribution in [2.24, 2.45) is 0 Å². The molecule has 0 fully saturated rings. The number of halogens is 3. The molecule has 128 valence electrons. The normalized spacial score (nSPS) is 10.5. The third-order valence-corrected chi connectivity index (χ3v) is 3.49. The maximum absolute atomic E-state index is 13.7. The molecule has 0 spiro atoms. The van der Waals surface area contributed by atoms with Crippen LogP contribution in [-0.4, -0.2) is 16.5 Å². The van der Waals surface area contributed by atoms with Crippen LogP contribution in [0.3, 0.4) is 0 Å². The van der Waals surface area contributed by atoms with Crippen LogP contribution in [-0.2, 0) is 6.42 Å². The maximum atomic E-state index is 13.7. The third kappa shape index (κ3) is 4.47. The highest BCUT2D eigenvalue weighted by atomic mass is 19.1. The van der Waals surface area contributed by atoms with Gasteiger partial charge in [-0.1, -0.05) is 18.2 Å². The van der Waals surface area contributed by atoms with Gasteiger partial charge in [-0.25, -0.2) is 18.2 Å². The first-order chi connectivity index (χ1) is 12.1. The van der Waals surface area contributed by atoms with E-state index in [1.54, 1.807) is 24.3 Å². The zero-order chi connectivity index (χ0) is 17.6. The zero-order valence-electron chi connectivity index (χ0n) is 13.1. The Bertz CT molecular complexity index is 870. The van der Waals surface area contributed by atoms with Crippen LogP contribution >= 0.6 is 0 Å². The van der Waals surface area contributed by atoms with Gasteiger partial charge in [0.15, 0.2) is 0 Å². The number of hydrogen-bond acceptors (Lipinski definition) is 4. The van der Waals surface area contributed by atoms with Crippen LogP contribution < -0.4 is 10.6 Å².